The molecule has 0 aliphatic carbocycles. The number of amides is 2. The normalized spacial score (nSPS) is 19.7. The molecule has 2 aromatic heterocycles. The summed E-state index contributed by atoms with van der Waals surface area (Å²) in [6, 6.07) is 17.8. The van der Waals surface area contributed by atoms with Gasteiger partial charge in [-0.3, -0.25) is 0 Å². The number of nitrogens with zero attached hydrogens (tertiary/aromatic N) is 6. The number of methoxy groups -OCH3 is 2. The molecule has 13 nitrogen and oxygen atoms in total. The summed E-state index contributed by atoms with van der Waals surface area (Å²) in [5.41, 5.74) is 3.58. The van der Waals surface area contributed by atoms with Crippen LogP contribution in [0.5, 0.6) is 0 Å². The molecule has 2 N–H and O–H groups in total. The molecular formula is C39H50N6O7. The average molecular weight is 715 g/mol. The number of aliphatic hydroxyl groups excluding tert-OH is 2. The first-order valence-corrected chi connectivity index (χ1v) is 17.5. The van der Waals surface area contributed by atoms with E-state index in [4.69, 9.17) is 18.9 Å². The van der Waals surface area contributed by atoms with E-state index in [-0.39, 0.29) is 19.1 Å². The highest BCUT2D eigenvalue weighted by Gasteiger charge is 2.45. The van der Waals surface area contributed by atoms with Crippen LogP contribution in [0.15, 0.2) is 97.6 Å². The molecule has 1 fully saturated rings. The Morgan fingerprint density at radius 3 is 1.48 bits per heavy atom. The molecular weight excluding hydrogens is 664 g/mol. The zero-order valence-corrected chi connectivity index (χ0v) is 29.9. The number of hydrogen-bond donors (Lipinski definition) is 2. The van der Waals surface area contributed by atoms with Gasteiger partial charge in [-0.25, -0.2) is 14.2 Å². The van der Waals surface area contributed by atoms with Crippen LogP contribution >= 0.6 is 0 Å². The van der Waals surface area contributed by atoms with Gasteiger partial charge in [0.15, 0.2) is 0 Å². The lowest BCUT2D eigenvalue weighted by Gasteiger charge is -2.34. The van der Waals surface area contributed by atoms with Crippen LogP contribution in [0.3, 0.4) is 0 Å². The molecule has 4 aromatic rings. The summed E-state index contributed by atoms with van der Waals surface area (Å²) in [5.74, 6) is 0. The zero-order chi connectivity index (χ0) is 36.5. The van der Waals surface area contributed by atoms with Crippen molar-refractivity contribution in [1.29, 1.82) is 0 Å². The van der Waals surface area contributed by atoms with Crippen molar-refractivity contribution in [2.45, 2.75) is 50.6 Å². The van der Waals surface area contributed by atoms with Crippen LogP contribution < -0.4 is 0 Å². The smallest absolute Gasteiger partial charge is 0.321 e. The van der Waals surface area contributed by atoms with E-state index in [1.165, 1.54) is 0 Å². The summed E-state index contributed by atoms with van der Waals surface area (Å²) in [6.45, 7) is 2.89. The van der Waals surface area contributed by atoms with Gasteiger partial charge in [0.1, 0.15) is 25.7 Å². The number of hydrogen-bond acceptors (Lipinski definition) is 9. The summed E-state index contributed by atoms with van der Waals surface area (Å²) >= 11 is 0. The first-order chi connectivity index (χ1) is 25.5. The minimum absolute atomic E-state index is 0.198. The van der Waals surface area contributed by atoms with Crippen molar-refractivity contribution in [2.24, 2.45) is 0 Å². The lowest BCUT2D eigenvalue weighted by atomic mass is 9.91. The van der Waals surface area contributed by atoms with Gasteiger partial charge in [0, 0.05) is 50.8 Å². The SMILES string of the molecule is COCCOCn1cc(/C=C/CN2C(=O)N(C/C=C/c3cnn(COCCOC)c3)[C@H](Cc3ccccc3)[C@H](O)[C@@H](O)[C@H]2Cc2ccccc2)cn1. The molecule has 1 aliphatic heterocycles. The van der Waals surface area contributed by atoms with Gasteiger partial charge in [0.05, 0.1) is 50.9 Å². The Morgan fingerprint density at radius 1 is 0.654 bits per heavy atom. The minimum Gasteiger partial charge on any atom is -0.388 e. The van der Waals surface area contributed by atoms with Crippen molar-refractivity contribution in [3.05, 3.63) is 120 Å². The van der Waals surface area contributed by atoms with Gasteiger partial charge < -0.3 is 39.0 Å². The number of urea groups is 1. The summed E-state index contributed by atoms with van der Waals surface area (Å²) in [7, 11) is 3.25. The maximum atomic E-state index is 14.7. The molecule has 52 heavy (non-hydrogen) atoms. The largest absolute Gasteiger partial charge is 0.388 e. The Morgan fingerprint density at radius 2 is 1.08 bits per heavy atom. The third-order valence-electron chi connectivity index (χ3n) is 8.85. The van der Waals surface area contributed by atoms with Crippen molar-refractivity contribution >= 4 is 18.2 Å². The molecule has 2 aromatic carbocycles. The Bertz CT molecular complexity index is 1560. The molecule has 4 atom stereocenters. The topological polar surface area (TPSA) is 137 Å². The second-order valence-corrected chi connectivity index (χ2v) is 12.6. The maximum absolute atomic E-state index is 14.7. The van der Waals surface area contributed by atoms with E-state index in [2.05, 4.69) is 10.2 Å². The van der Waals surface area contributed by atoms with E-state index in [9.17, 15) is 15.0 Å². The van der Waals surface area contributed by atoms with Crippen LogP contribution in [0, 0.1) is 0 Å². The monoisotopic (exact) mass is 714 g/mol. The Labute approximate surface area is 305 Å². The van der Waals surface area contributed by atoms with Gasteiger partial charge in [-0.05, 0) is 24.0 Å². The summed E-state index contributed by atoms with van der Waals surface area (Å²) in [5, 5.41) is 32.5. The van der Waals surface area contributed by atoms with E-state index < -0.39 is 24.3 Å². The van der Waals surface area contributed by atoms with Crippen LogP contribution in [0.25, 0.3) is 12.2 Å². The maximum Gasteiger partial charge on any atom is 0.321 e. The van der Waals surface area contributed by atoms with E-state index >= 15 is 0 Å². The van der Waals surface area contributed by atoms with E-state index in [1.807, 2.05) is 97.4 Å². The third kappa shape index (κ3) is 11.2. The summed E-state index contributed by atoms with van der Waals surface area (Å²) < 4.78 is 24.6. The number of aromatic nitrogens is 4. The fourth-order valence-corrected chi connectivity index (χ4v) is 6.15. The molecule has 1 saturated heterocycles. The number of ether oxygens (including phenoxy) is 4. The van der Waals surface area contributed by atoms with Gasteiger partial charge in [0.2, 0.25) is 0 Å². The number of carbonyl (C=O) groups excluding carboxylic acids is 1. The first-order valence-electron chi connectivity index (χ1n) is 17.5. The van der Waals surface area contributed by atoms with E-state index in [0.29, 0.717) is 52.7 Å². The summed E-state index contributed by atoms with van der Waals surface area (Å²) in [4.78, 5) is 18.1. The Balaban J connectivity index is 1.40. The van der Waals surface area contributed by atoms with Crippen molar-refractivity contribution in [3.63, 3.8) is 0 Å². The van der Waals surface area contributed by atoms with Gasteiger partial charge in [-0.15, -0.1) is 0 Å². The fourth-order valence-electron chi connectivity index (χ4n) is 6.15. The zero-order valence-electron chi connectivity index (χ0n) is 29.9. The van der Waals surface area contributed by atoms with Crippen LogP contribution in [-0.2, 0) is 45.3 Å². The third-order valence-corrected chi connectivity index (χ3v) is 8.85. The molecule has 0 spiro atoms. The predicted molar refractivity (Wildman–Crippen MR) is 197 cm³/mol. The van der Waals surface area contributed by atoms with Crippen LogP contribution in [0.1, 0.15) is 22.3 Å². The van der Waals surface area contributed by atoms with Gasteiger partial charge in [-0.1, -0.05) is 85.0 Å². The van der Waals surface area contributed by atoms with Crippen LogP contribution in [-0.4, -0.2) is 124 Å². The minimum atomic E-state index is -1.22. The Hall–Kier alpha value is -4.63. The first kappa shape index (κ1) is 38.6. The molecule has 3 heterocycles. The second kappa shape index (κ2) is 20.4. The van der Waals surface area contributed by atoms with E-state index in [1.54, 1.807) is 45.8 Å². The van der Waals surface area contributed by atoms with Crippen molar-refractivity contribution in [3.8, 4) is 0 Å². The molecule has 278 valence electrons. The van der Waals surface area contributed by atoms with Gasteiger partial charge in [-0.2, -0.15) is 10.2 Å². The number of carbonyl (C=O) groups is 1. The lowest BCUT2D eigenvalue weighted by Crippen LogP contribution is -2.51. The number of aliphatic hydroxyl groups is 2. The number of benzene rings is 2. The quantitative estimate of drug-likeness (QED) is 0.131. The molecule has 13 heteroatoms. The van der Waals surface area contributed by atoms with Crippen LogP contribution in [0.2, 0.25) is 0 Å². The van der Waals surface area contributed by atoms with Crippen LogP contribution in [0.4, 0.5) is 4.79 Å². The molecule has 0 radical (unpaired) electrons. The molecule has 0 bridgehead atoms. The molecule has 0 saturated carbocycles. The molecule has 0 unspecified atom stereocenters. The van der Waals surface area contributed by atoms with Crippen molar-refractivity contribution in [1.82, 2.24) is 29.4 Å². The molecule has 5 rings (SSSR count). The standard InChI is InChI=1S/C39H50N6O7/c1-49-19-21-51-29-42-27-33(25-40-42)15-9-17-44-35(23-31-11-5-3-6-12-31)37(46)38(47)36(24-32-13-7-4-8-14-32)45(39(44)48)18-10-16-34-26-41-43(28-34)30-52-22-20-50-2/h3-16,25-28,35-38,46-47H,17-24,29-30H2,1-2H3/b15-9+,16-10+/t35-,36-,37+,38+/m1/s1. The lowest BCUT2D eigenvalue weighted by molar-refractivity contribution is -0.0377. The Kier molecular flexibility index (Phi) is 15.2. The van der Waals surface area contributed by atoms with Gasteiger partial charge >= 0.3 is 6.03 Å². The summed E-state index contributed by atoms with van der Waals surface area (Å²) in [6.07, 6.45) is 13.0. The average Bonchev–Trinajstić information content (AvgIpc) is 3.82. The molecule has 1 aliphatic rings. The highest BCUT2D eigenvalue weighted by molar-refractivity contribution is 5.77. The van der Waals surface area contributed by atoms with Crippen molar-refractivity contribution < 1.29 is 34.0 Å². The van der Waals surface area contributed by atoms with E-state index in [0.717, 1.165) is 22.3 Å². The molecule has 2 amide bonds. The highest BCUT2D eigenvalue weighted by atomic mass is 16.5. The second-order valence-electron chi connectivity index (χ2n) is 12.6. The highest BCUT2D eigenvalue weighted by Crippen LogP contribution is 2.28. The fraction of sp³-hybridized carbons (Fsp3) is 0.410. The predicted octanol–water partition coefficient (Wildman–Crippen LogP) is 3.73. The van der Waals surface area contributed by atoms with Gasteiger partial charge in [0.25, 0.3) is 0 Å². The van der Waals surface area contributed by atoms with Crippen molar-refractivity contribution in [2.75, 3.05) is 53.7 Å². The number of rotatable bonds is 20.